The summed E-state index contributed by atoms with van der Waals surface area (Å²) in [5, 5.41) is 12.7. The molecule has 0 radical (unpaired) electrons. The number of hydrogen-bond acceptors (Lipinski definition) is 2. The fraction of sp³-hybridized carbons (Fsp3) is 0.667. The van der Waals surface area contributed by atoms with Gasteiger partial charge >= 0.3 is 5.97 Å². The van der Waals surface area contributed by atoms with Crippen molar-refractivity contribution in [1.82, 2.24) is 0 Å². The number of nitrogens with one attached hydrogen (secondary N) is 1. The lowest BCUT2D eigenvalue weighted by Gasteiger charge is -2.34. The Labute approximate surface area is 145 Å². The molecule has 2 fully saturated rings. The van der Waals surface area contributed by atoms with Crippen LogP contribution in [0.5, 0.6) is 0 Å². The Hall–Kier alpha value is -1.51. The van der Waals surface area contributed by atoms with Crippen LogP contribution < -0.4 is 5.32 Å². The first kappa shape index (κ1) is 17.3. The number of hydrogen-bond donors (Lipinski definition) is 2. The molecule has 0 unspecified atom stereocenters. The first-order valence-corrected chi connectivity index (χ1v) is 9.52. The molecule has 1 aromatic carbocycles. The lowest BCUT2D eigenvalue weighted by atomic mass is 9.71. The minimum absolute atomic E-state index is 0.138. The molecule has 0 spiro atoms. The van der Waals surface area contributed by atoms with Gasteiger partial charge in [-0.25, -0.2) is 0 Å². The third kappa shape index (κ3) is 4.31. The van der Waals surface area contributed by atoms with E-state index in [4.69, 9.17) is 5.11 Å². The molecule has 2 saturated carbocycles. The van der Waals surface area contributed by atoms with Gasteiger partial charge in [0.2, 0.25) is 0 Å². The Kier molecular flexibility index (Phi) is 5.17. The Morgan fingerprint density at radius 1 is 1.00 bits per heavy atom. The third-order valence-electron chi connectivity index (χ3n) is 6.17. The Balaban J connectivity index is 1.51. The van der Waals surface area contributed by atoms with Gasteiger partial charge in [0.15, 0.2) is 0 Å². The molecule has 2 aliphatic carbocycles. The highest BCUT2D eigenvalue weighted by molar-refractivity contribution is 5.70. The van der Waals surface area contributed by atoms with Crippen LogP contribution in [0.25, 0.3) is 0 Å². The monoisotopic (exact) mass is 329 g/mol. The first-order valence-electron chi connectivity index (χ1n) is 9.52. The van der Waals surface area contributed by atoms with Crippen LogP contribution in [-0.4, -0.2) is 17.1 Å². The molecule has 2 aliphatic rings. The number of carboxylic acids is 1. The highest BCUT2D eigenvalue weighted by Gasteiger charge is 2.28. The van der Waals surface area contributed by atoms with E-state index in [1.165, 1.54) is 36.9 Å². The fourth-order valence-electron chi connectivity index (χ4n) is 4.30. The fourth-order valence-corrected chi connectivity index (χ4v) is 4.30. The van der Waals surface area contributed by atoms with Crippen LogP contribution >= 0.6 is 0 Å². The molecule has 3 heteroatoms. The summed E-state index contributed by atoms with van der Waals surface area (Å²) in [5.74, 6) is -0.0486. The van der Waals surface area contributed by atoms with Crippen molar-refractivity contribution in [2.75, 3.05) is 5.32 Å². The van der Waals surface area contributed by atoms with Crippen LogP contribution in [0.4, 0.5) is 5.69 Å². The lowest BCUT2D eigenvalue weighted by molar-refractivity contribution is -0.142. The number of carbonyl (C=O) groups is 1. The van der Waals surface area contributed by atoms with Gasteiger partial charge in [-0.15, -0.1) is 0 Å². The zero-order valence-corrected chi connectivity index (χ0v) is 15.1. The molecule has 3 rings (SSSR count). The normalized spacial score (nSPS) is 27.6. The second-order valence-electron chi connectivity index (χ2n) is 8.59. The van der Waals surface area contributed by atoms with Gasteiger partial charge < -0.3 is 10.4 Å². The number of carboxylic acid groups (broad SMARTS) is 1. The zero-order chi connectivity index (χ0) is 17.2. The summed E-state index contributed by atoms with van der Waals surface area (Å²) in [6.45, 7) is 4.77. The minimum Gasteiger partial charge on any atom is -0.481 e. The molecule has 3 nitrogen and oxygen atoms in total. The molecule has 0 bridgehead atoms. The standard InChI is InChI=1S/C21H31NO2/c1-21(2)13-11-16(12-14-21)15-3-7-18(8-4-15)22-19-9-5-17(6-10-19)20(23)24/h3-4,7-8,16-17,19,22H,5-6,9-14H2,1-2H3,(H,23,24). The van der Waals surface area contributed by atoms with Crippen molar-refractivity contribution in [3.63, 3.8) is 0 Å². The first-order chi connectivity index (χ1) is 11.4. The quantitative estimate of drug-likeness (QED) is 0.775. The van der Waals surface area contributed by atoms with Gasteiger partial charge in [-0.05, 0) is 80.4 Å². The maximum atomic E-state index is 11.0. The molecule has 0 amide bonds. The number of aliphatic carboxylic acids is 1. The Morgan fingerprint density at radius 3 is 2.12 bits per heavy atom. The molecule has 1 aromatic rings. The van der Waals surface area contributed by atoms with Gasteiger partial charge in [0.1, 0.15) is 0 Å². The van der Waals surface area contributed by atoms with Gasteiger partial charge in [0.05, 0.1) is 5.92 Å². The van der Waals surface area contributed by atoms with Gasteiger partial charge in [-0.1, -0.05) is 26.0 Å². The average Bonchev–Trinajstić information content (AvgIpc) is 2.56. The van der Waals surface area contributed by atoms with Crippen LogP contribution in [0, 0.1) is 11.3 Å². The number of anilines is 1. The van der Waals surface area contributed by atoms with Crippen molar-refractivity contribution in [1.29, 1.82) is 0 Å². The van der Waals surface area contributed by atoms with Crippen LogP contribution in [0.2, 0.25) is 0 Å². The predicted molar refractivity (Wildman–Crippen MR) is 98.4 cm³/mol. The van der Waals surface area contributed by atoms with Crippen molar-refractivity contribution < 1.29 is 9.90 Å². The maximum absolute atomic E-state index is 11.0. The van der Waals surface area contributed by atoms with Crippen molar-refractivity contribution in [2.24, 2.45) is 11.3 Å². The zero-order valence-electron chi connectivity index (χ0n) is 15.1. The molecule has 2 N–H and O–H groups in total. The molecule has 24 heavy (non-hydrogen) atoms. The molecule has 132 valence electrons. The van der Waals surface area contributed by atoms with E-state index in [0.29, 0.717) is 11.5 Å². The van der Waals surface area contributed by atoms with E-state index in [1.807, 2.05) is 0 Å². The molecule has 0 aromatic heterocycles. The molecule has 0 aliphatic heterocycles. The Bertz CT molecular complexity index is 546. The topological polar surface area (TPSA) is 49.3 Å². The number of benzene rings is 1. The van der Waals surface area contributed by atoms with E-state index in [9.17, 15) is 4.79 Å². The molecule has 0 heterocycles. The summed E-state index contributed by atoms with van der Waals surface area (Å²) in [6.07, 6.45) is 8.76. The summed E-state index contributed by atoms with van der Waals surface area (Å²) in [4.78, 5) is 11.0. The highest BCUT2D eigenvalue weighted by Crippen LogP contribution is 2.42. The van der Waals surface area contributed by atoms with E-state index in [1.54, 1.807) is 0 Å². The number of rotatable bonds is 4. The summed E-state index contributed by atoms with van der Waals surface area (Å²) in [7, 11) is 0. The van der Waals surface area contributed by atoms with E-state index >= 15 is 0 Å². The molecule has 0 atom stereocenters. The van der Waals surface area contributed by atoms with E-state index in [2.05, 4.69) is 43.4 Å². The lowest BCUT2D eigenvalue weighted by Crippen LogP contribution is -2.29. The van der Waals surface area contributed by atoms with Crippen LogP contribution in [0.3, 0.4) is 0 Å². The molecular weight excluding hydrogens is 298 g/mol. The van der Waals surface area contributed by atoms with Crippen LogP contribution in [-0.2, 0) is 4.79 Å². The van der Waals surface area contributed by atoms with E-state index in [-0.39, 0.29) is 5.92 Å². The maximum Gasteiger partial charge on any atom is 0.306 e. The Morgan fingerprint density at radius 2 is 1.58 bits per heavy atom. The second-order valence-corrected chi connectivity index (χ2v) is 8.59. The smallest absolute Gasteiger partial charge is 0.306 e. The summed E-state index contributed by atoms with van der Waals surface area (Å²) >= 11 is 0. The minimum atomic E-state index is -0.631. The molecule has 0 saturated heterocycles. The average molecular weight is 329 g/mol. The SMILES string of the molecule is CC1(C)CCC(c2ccc(NC3CCC(C(=O)O)CC3)cc2)CC1. The predicted octanol–water partition coefficient (Wildman–Crippen LogP) is 5.43. The highest BCUT2D eigenvalue weighted by atomic mass is 16.4. The van der Waals surface area contributed by atoms with Gasteiger partial charge in [-0.3, -0.25) is 4.79 Å². The summed E-state index contributed by atoms with van der Waals surface area (Å²) in [6, 6.07) is 9.40. The molecular formula is C21H31NO2. The van der Waals surface area contributed by atoms with Crippen LogP contribution in [0.15, 0.2) is 24.3 Å². The summed E-state index contributed by atoms with van der Waals surface area (Å²) < 4.78 is 0. The van der Waals surface area contributed by atoms with Crippen molar-refractivity contribution in [3.05, 3.63) is 29.8 Å². The van der Waals surface area contributed by atoms with E-state index in [0.717, 1.165) is 31.6 Å². The van der Waals surface area contributed by atoms with Gasteiger partial charge in [0, 0.05) is 11.7 Å². The summed E-state index contributed by atoms with van der Waals surface area (Å²) in [5.41, 5.74) is 3.17. The van der Waals surface area contributed by atoms with Crippen LogP contribution in [0.1, 0.15) is 76.7 Å². The third-order valence-corrected chi connectivity index (χ3v) is 6.17. The van der Waals surface area contributed by atoms with Crippen molar-refractivity contribution >= 4 is 11.7 Å². The largest absolute Gasteiger partial charge is 0.481 e. The van der Waals surface area contributed by atoms with E-state index < -0.39 is 5.97 Å². The van der Waals surface area contributed by atoms with Gasteiger partial charge in [-0.2, -0.15) is 0 Å². The van der Waals surface area contributed by atoms with Crippen molar-refractivity contribution in [3.8, 4) is 0 Å². The van der Waals surface area contributed by atoms with Gasteiger partial charge in [0.25, 0.3) is 0 Å². The second kappa shape index (κ2) is 7.16. The van der Waals surface area contributed by atoms with Crippen molar-refractivity contribution in [2.45, 2.75) is 77.2 Å².